The monoisotopic (exact) mass is 856 g/mol. The molecule has 8 atom stereocenters. The second-order valence-electron chi connectivity index (χ2n) is 18.9. The van der Waals surface area contributed by atoms with E-state index in [4.69, 9.17) is 4.74 Å². The highest BCUT2D eigenvalue weighted by Crippen LogP contribution is 2.26. The van der Waals surface area contributed by atoms with Crippen molar-refractivity contribution < 1.29 is 40.2 Å². The van der Waals surface area contributed by atoms with Gasteiger partial charge in [-0.25, -0.2) is 0 Å². The minimum atomic E-state index is -1.40. The average molecular weight is 856 g/mol. The number of unbranched alkanes of at least 4 members (excludes halogenated alkanes) is 32. The first-order valence-electron chi connectivity index (χ1n) is 26.2. The topological polar surface area (TPSA) is 160 Å². The molecule has 1 heterocycles. The fourth-order valence-corrected chi connectivity index (χ4v) is 9.09. The third kappa shape index (κ3) is 30.3. The SMILES string of the molecule is CCCCCCCCCCCCCCCCCCCCCCCC(=O)NC(CCCCC1OC(CO)C(O)C(O)C1O)C(O)C(O)CCCCCCCCCCCCCC. The van der Waals surface area contributed by atoms with Crippen molar-refractivity contribution in [3.05, 3.63) is 0 Å². The molecule has 1 fully saturated rings. The Kier molecular flexibility index (Phi) is 39.0. The maximum Gasteiger partial charge on any atom is 0.220 e. The van der Waals surface area contributed by atoms with Crippen LogP contribution in [0.4, 0.5) is 0 Å². The van der Waals surface area contributed by atoms with Crippen molar-refractivity contribution in [3.63, 3.8) is 0 Å². The summed E-state index contributed by atoms with van der Waals surface area (Å²) in [6.45, 7) is 4.07. The van der Waals surface area contributed by atoms with Crippen LogP contribution in [0.1, 0.15) is 264 Å². The van der Waals surface area contributed by atoms with Crippen molar-refractivity contribution in [1.29, 1.82) is 0 Å². The fraction of sp³-hybridized carbons (Fsp3) is 0.980. The quantitative estimate of drug-likeness (QED) is 0.0298. The van der Waals surface area contributed by atoms with Gasteiger partial charge in [0.1, 0.15) is 24.4 Å². The van der Waals surface area contributed by atoms with Crippen molar-refractivity contribution >= 4 is 5.91 Å². The maximum absolute atomic E-state index is 13.1. The third-order valence-electron chi connectivity index (χ3n) is 13.3. The molecule has 9 nitrogen and oxygen atoms in total. The molecule has 0 aromatic carbocycles. The normalized spacial score (nSPS) is 21.0. The summed E-state index contributed by atoms with van der Waals surface area (Å²) in [6, 6.07) is -0.588. The molecular weight excluding hydrogens is 755 g/mol. The molecule has 0 aromatic rings. The van der Waals surface area contributed by atoms with Gasteiger partial charge in [-0.1, -0.05) is 232 Å². The minimum absolute atomic E-state index is 0.0941. The van der Waals surface area contributed by atoms with Gasteiger partial charge in [0.2, 0.25) is 5.91 Å². The van der Waals surface area contributed by atoms with Crippen LogP contribution in [0.15, 0.2) is 0 Å². The summed E-state index contributed by atoms with van der Waals surface area (Å²) >= 11 is 0. The molecule has 0 radical (unpaired) electrons. The predicted molar refractivity (Wildman–Crippen MR) is 249 cm³/mol. The van der Waals surface area contributed by atoms with Gasteiger partial charge >= 0.3 is 0 Å². The molecule has 0 aromatic heterocycles. The Hall–Kier alpha value is -0.810. The van der Waals surface area contributed by atoms with Crippen molar-refractivity contribution in [2.45, 2.75) is 313 Å². The Morgan fingerprint density at radius 2 is 0.817 bits per heavy atom. The molecular formula is C51H101NO8. The molecule has 0 spiro atoms. The van der Waals surface area contributed by atoms with Crippen LogP contribution in [0.5, 0.6) is 0 Å². The van der Waals surface area contributed by atoms with Crippen LogP contribution in [0.25, 0.3) is 0 Å². The number of carbonyl (C=O) groups excluding carboxylic acids is 1. The van der Waals surface area contributed by atoms with Gasteiger partial charge in [-0.15, -0.1) is 0 Å². The van der Waals surface area contributed by atoms with Gasteiger partial charge in [0.15, 0.2) is 0 Å². The zero-order valence-electron chi connectivity index (χ0n) is 39.4. The highest BCUT2D eigenvalue weighted by molar-refractivity contribution is 5.76. The van der Waals surface area contributed by atoms with Crippen molar-refractivity contribution in [2.75, 3.05) is 6.61 Å². The standard InChI is InChI=1S/C51H101NO8/c1-3-5-7-9-11-13-15-17-18-19-20-21-22-23-24-25-27-29-31-33-35-41-47(55)52-43(38-36-37-40-45-49(57)51(59)50(58)46(42-53)60-45)48(56)44(54)39-34-32-30-28-26-16-14-12-10-8-6-4-2/h43-46,48-51,53-54,56-59H,3-42H2,1-2H3,(H,52,55). The van der Waals surface area contributed by atoms with E-state index >= 15 is 0 Å². The number of hydrogen-bond donors (Lipinski definition) is 7. The van der Waals surface area contributed by atoms with Gasteiger partial charge < -0.3 is 40.7 Å². The van der Waals surface area contributed by atoms with Crippen LogP contribution in [0, 0.1) is 0 Å². The molecule has 60 heavy (non-hydrogen) atoms. The Bertz CT molecular complexity index is 924. The van der Waals surface area contributed by atoms with Crippen LogP contribution < -0.4 is 5.32 Å². The number of nitrogens with one attached hydrogen (secondary N) is 1. The highest BCUT2D eigenvalue weighted by atomic mass is 16.5. The van der Waals surface area contributed by atoms with Crippen LogP contribution in [0.2, 0.25) is 0 Å². The van der Waals surface area contributed by atoms with Crippen molar-refractivity contribution in [2.24, 2.45) is 0 Å². The minimum Gasteiger partial charge on any atom is -0.394 e. The summed E-state index contributed by atoms with van der Waals surface area (Å²) in [5.41, 5.74) is 0. The van der Waals surface area contributed by atoms with E-state index in [2.05, 4.69) is 19.2 Å². The fourth-order valence-electron chi connectivity index (χ4n) is 9.09. The Balaban J connectivity index is 2.30. The molecule has 8 unspecified atom stereocenters. The Morgan fingerprint density at radius 1 is 0.467 bits per heavy atom. The first kappa shape index (κ1) is 57.2. The van der Waals surface area contributed by atoms with Crippen molar-refractivity contribution in [1.82, 2.24) is 5.32 Å². The summed E-state index contributed by atoms with van der Waals surface area (Å²) in [6.07, 6.45) is 37.7. The second-order valence-corrected chi connectivity index (χ2v) is 18.9. The lowest BCUT2D eigenvalue weighted by Crippen LogP contribution is -2.58. The molecule has 7 N–H and O–H groups in total. The van der Waals surface area contributed by atoms with E-state index in [0.717, 1.165) is 38.5 Å². The first-order chi connectivity index (χ1) is 29.3. The van der Waals surface area contributed by atoms with E-state index in [-0.39, 0.29) is 5.91 Å². The van der Waals surface area contributed by atoms with Crippen LogP contribution in [-0.2, 0) is 9.53 Å². The lowest BCUT2D eigenvalue weighted by atomic mass is 9.91. The zero-order chi connectivity index (χ0) is 43.9. The summed E-state index contributed by atoms with van der Waals surface area (Å²) in [5.74, 6) is -0.0941. The number of hydrogen-bond acceptors (Lipinski definition) is 8. The van der Waals surface area contributed by atoms with Gasteiger partial charge in [-0.05, 0) is 25.7 Å². The molecule has 1 aliphatic rings. The molecule has 1 rings (SSSR count). The first-order valence-corrected chi connectivity index (χ1v) is 26.2. The largest absolute Gasteiger partial charge is 0.394 e. The van der Waals surface area contributed by atoms with Crippen LogP contribution in [0.3, 0.4) is 0 Å². The molecule has 1 amide bonds. The summed E-state index contributed by atoms with van der Waals surface area (Å²) in [5, 5.41) is 65.5. The van der Waals surface area contributed by atoms with Gasteiger partial charge in [-0.2, -0.15) is 0 Å². The molecule has 1 aliphatic heterocycles. The van der Waals surface area contributed by atoms with E-state index in [1.165, 1.54) is 173 Å². The van der Waals surface area contributed by atoms with Crippen LogP contribution >= 0.6 is 0 Å². The number of amides is 1. The number of carbonyl (C=O) groups is 1. The van der Waals surface area contributed by atoms with Gasteiger partial charge in [0, 0.05) is 6.42 Å². The Labute approximate surface area is 370 Å². The summed E-state index contributed by atoms with van der Waals surface area (Å²) < 4.78 is 5.66. The van der Waals surface area contributed by atoms with Gasteiger partial charge in [-0.3, -0.25) is 4.79 Å². The zero-order valence-corrected chi connectivity index (χ0v) is 39.4. The van der Waals surface area contributed by atoms with Gasteiger partial charge in [0.05, 0.1) is 31.0 Å². The van der Waals surface area contributed by atoms with E-state index in [1.54, 1.807) is 0 Å². The van der Waals surface area contributed by atoms with Crippen LogP contribution in [-0.4, -0.2) is 91.9 Å². The van der Waals surface area contributed by atoms with Crippen molar-refractivity contribution in [3.8, 4) is 0 Å². The summed E-state index contributed by atoms with van der Waals surface area (Å²) in [7, 11) is 0. The number of aliphatic hydroxyl groups is 6. The predicted octanol–water partition coefficient (Wildman–Crippen LogP) is 11.3. The molecule has 0 saturated carbocycles. The molecule has 0 bridgehead atoms. The molecule has 1 saturated heterocycles. The van der Waals surface area contributed by atoms with E-state index in [1.807, 2.05) is 0 Å². The molecule has 358 valence electrons. The maximum atomic E-state index is 13.1. The highest BCUT2D eigenvalue weighted by Gasteiger charge is 2.43. The molecule has 9 heteroatoms. The van der Waals surface area contributed by atoms with E-state index in [0.29, 0.717) is 38.5 Å². The second kappa shape index (κ2) is 40.9. The number of aliphatic hydroxyl groups excluding tert-OH is 6. The lowest BCUT2D eigenvalue weighted by molar-refractivity contribution is -0.230. The number of rotatable bonds is 44. The molecule has 0 aliphatic carbocycles. The van der Waals surface area contributed by atoms with Gasteiger partial charge in [0.25, 0.3) is 0 Å². The summed E-state index contributed by atoms with van der Waals surface area (Å²) in [4.78, 5) is 13.1. The number of ether oxygens (including phenoxy) is 1. The van der Waals surface area contributed by atoms with E-state index in [9.17, 15) is 35.4 Å². The Morgan fingerprint density at radius 3 is 1.22 bits per heavy atom. The van der Waals surface area contributed by atoms with E-state index < -0.39 is 55.4 Å². The lowest BCUT2D eigenvalue weighted by Gasteiger charge is -2.40. The third-order valence-corrected chi connectivity index (χ3v) is 13.3. The average Bonchev–Trinajstić information content (AvgIpc) is 3.25. The smallest absolute Gasteiger partial charge is 0.220 e.